The van der Waals surface area contributed by atoms with Crippen LogP contribution in [0, 0.1) is 0 Å². The van der Waals surface area contributed by atoms with Gasteiger partial charge in [-0.05, 0) is 35.4 Å². The molecule has 2 aromatic rings. The Morgan fingerprint density at radius 2 is 1.91 bits per heavy atom. The quantitative estimate of drug-likeness (QED) is 0.609. The van der Waals surface area contributed by atoms with Crippen LogP contribution in [0.25, 0.3) is 0 Å². The largest absolute Gasteiger partial charge is 0.461 e. The summed E-state index contributed by atoms with van der Waals surface area (Å²) in [5.41, 5.74) is 2.62. The number of rotatable bonds is 4. The molecular weight excluding hydrogens is 284 g/mol. The summed E-state index contributed by atoms with van der Waals surface area (Å²) in [5.74, 6) is 0.276. The molecule has 3 rings (SSSR count). The third-order valence-electron chi connectivity index (χ3n) is 4.85. The van der Waals surface area contributed by atoms with E-state index in [0.29, 0.717) is 5.92 Å². The number of fused-ring (bicyclic) bond motifs is 1. The minimum atomic E-state index is -0.715. The normalized spacial score (nSPS) is 22.9. The molecule has 2 heteroatoms. The van der Waals surface area contributed by atoms with Gasteiger partial charge in [0.05, 0.1) is 0 Å². The molecule has 118 valence electrons. The fourth-order valence-electron chi connectivity index (χ4n) is 3.65. The second-order valence-corrected chi connectivity index (χ2v) is 6.19. The van der Waals surface area contributed by atoms with Gasteiger partial charge in [-0.15, -0.1) is 0 Å². The van der Waals surface area contributed by atoms with E-state index in [1.165, 1.54) is 5.56 Å². The molecule has 0 heterocycles. The molecule has 0 saturated heterocycles. The highest BCUT2D eigenvalue weighted by Gasteiger charge is 2.47. The maximum atomic E-state index is 13.1. The van der Waals surface area contributed by atoms with Gasteiger partial charge in [-0.1, -0.05) is 74.2 Å². The summed E-state index contributed by atoms with van der Waals surface area (Å²) >= 11 is 0. The van der Waals surface area contributed by atoms with E-state index < -0.39 is 5.41 Å². The minimum Gasteiger partial charge on any atom is -0.461 e. The number of carbonyl (C=O) groups excluding carboxylic acids is 1. The van der Waals surface area contributed by atoms with Crippen LogP contribution in [-0.2, 0) is 14.9 Å². The molecule has 1 aliphatic rings. The summed E-state index contributed by atoms with van der Waals surface area (Å²) in [4.78, 5) is 13.1. The lowest BCUT2D eigenvalue weighted by Gasteiger charge is -2.39. The molecule has 0 unspecified atom stereocenters. The van der Waals surface area contributed by atoms with Crippen molar-refractivity contribution >= 4 is 5.97 Å². The highest BCUT2D eigenvalue weighted by Crippen LogP contribution is 2.47. The number of carbonyl (C=O) groups is 1. The Kier molecular flexibility index (Phi) is 4.33. The first-order valence-corrected chi connectivity index (χ1v) is 8.13. The maximum Gasteiger partial charge on any atom is 0.321 e. The molecule has 0 aliphatic heterocycles. The van der Waals surface area contributed by atoms with Gasteiger partial charge in [0.1, 0.15) is 12.0 Å². The lowest BCUT2D eigenvalue weighted by Crippen LogP contribution is -2.42. The molecule has 0 fully saturated rings. The summed E-state index contributed by atoms with van der Waals surface area (Å²) in [5, 5.41) is 0. The smallest absolute Gasteiger partial charge is 0.321 e. The number of ether oxygens (including phenoxy) is 1. The molecule has 1 aliphatic carbocycles. The number of benzene rings is 2. The molecule has 2 nitrogen and oxygen atoms in total. The average Bonchev–Trinajstić information content (AvgIpc) is 2.61. The lowest BCUT2D eigenvalue weighted by atomic mass is 9.63. The molecule has 0 amide bonds. The van der Waals surface area contributed by atoms with Crippen LogP contribution in [0.2, 0.25) is 0 Å². The van der Waals surface area contributed by atoms with E-state index in [2.05, 4.69) is 25.6 Å². The molecule has 0 bridgehead atoms. The second kappa shape index (κ2) is 6.41. The van der Waals surface area contributed by atoms with E-state index in [-0.39, 0.29) is 12.6 Å². The second-order valence-electron chi connectivity index (χ2n) is 6.19. The van der Waals surface area contributed by atoms with Crippen molar-refractivity contribution in [2.75, 3.05) is 6.61 Å². The van der Waals surface area contributed by atoms with Gasteiger partial charge in [0.15, 0.2) is 0 Å². The predicted molar refractivity (Wildman–Crippen MR) is 92.5 cm³/mol. The zero-order valence-corrected chi connectivity index (χ0v) is 13.5. The summed E-state index contributed by atoms with van der Waals surface area (Å²) in [6.07, 6.45) is 3.36. The molecule has 0 N–H and O–H groups in total. The van der Waals surface area contributed by atoms with Gasteiger partial charge in [0.25, 0.3) is 0 Å². The fraction of sp³-hybridized carbons (Fsp3) is 0.286. The van der Waals surface area contributed by atoms with Crippen LogP contribution in [0.5, 0.6) is 0 Å². The van der Waals surface area contributed by atoms with Gasteiger partial charge < -0.3 is 4.74 Å². The zero-order chi connectivity index (χ0) is 16.3. The van der Waals surface area contributed by atoms with E-state index in [9.17, 15) is 4.79 Å². The molecule has 0 saturated carbocycles. The molecule has 2 aromatic carbocycles. The summed E-state index contributed by atoms with van der Waals surface area (Å²) < 4.78 is 5.52. The molecule has 0 spiro atoms. The topological polar surface area (TPSA) is 26.3 Å². The maximum absolute atomic E-state index is 13.1. The molecule has 0 radical (unpaired) electrons. The number of hydrogen-bond donors (Lipinski definition) is 0. The third kappa shape index (κ3) is 2.59. The number of hydrogen-bond acceptors (Lipinski definition) is 2. The third-order valence-corrected chi connectivity index (χ3v) is 4.85. The van der Waals surface area contributed by atoms with Crippen molar-refractivity contribution in [3.63, 3.8) is 0 Å². The first-order chi connectivity index (χ1) is 11.2. The SMILES string of the molecule is C=CCOC(=O)[C@@]1(c2ccccc2)CC[C@H](C)c2ccccc21. The molecule has 2 atom stereocenters. The van der Waals surface area contributed by atoms with Crippen LogP contribution < -0.4 is 0 Å². The summed E-state index contributed by atoms with van der Waals surface area (Å²) in [6, 6.07) is 18.3. The van der Waals surface area contributed by atoms with E-state index >= 15 is 0 Å². The Hall–Kier alpha value is -2.35. The molecule has 0 aromatic heterocycles. The Morgan fingerprint density at radius 1 is 1.22 bits per heavy atom. The fourth-order valence-corrected chi connectivity index (χ4v) is 3.65. The molecule has 23 heavy (non-hydrogen) atoms. The zero-order valence-electron chi connectivity index (χ0n) is 13.5. The number of esters is 1. The predicted octanol–water partition coefficient (Wildman–Crippen LogP) is 4.60. The van der Waals surface area contributed by atoms with Crippen molar-refractivity contribution in [2.45, 2.75) is 31.1 Å². The van der Waals surface area contributed by atoms with Crippen molar-refractivity contribution in [1.82, 2.24) is 0 Å². The van der Waals surface area contributed by atoms with Crippen LogP contribution in [0.3, 0.4) is 0 Å². The first-order valence-electron chi connectivity index (χ1n) is 8.13. The van der Waals surface area contributed by atoms with E-state index in [1.54, 1.807) is 6.08 Å². The van der Waals surface area contributed by atoms with Crippen molar-refractivity contribution in [2.24, 2.45) is 0 Å². The van der Waals surface area contributed by atoms with Crippen LogP contribution in [0.4, 0.5) is 0 Å². The highest BCUT2D eigenvalue weighted by molar-refractivity contribution is 5.88. The van der Waals surface area contributed by atoms with Gasteiger partial charge in [-0.25, -0.2) is 0 Å². The summed E-state index contributed by atoms with van der Waals surface area (Å²) in [6.45, 7) is 6.12. The van der Waals surface area contributed by atoms with Gasteiger partial charge >= 0.3 is 5.97 Å². The monoisotopic (exact) mass is 306 g/mol. The Balaban J connectivity index is 2.20. The lowest BCUT2D eigenvalue weighted by molar-refractivity contribution is -0.148. The van der Waals surface area contributed by atoms with Gasteiger partial charge in [-0.3, -0.25) is 4.79 Å². The first kappa shape index (κ1) is 15.5. The van der Waals surface area contributed by atoms with Crippen molar-refractivity contribution in [3.8, 4) is 0 Å². The van der Waals surface area contributed by atoms with Crippen molar-refractivity contribution in [3.05, 3.63) is 83.9 Å². The van der Waals surface area contributed by atoms with Crippen molar-refractivity contribution < 1.29 is 9.53 Å². The summed E-state index contributed by atoms with van der Waals surface area (Å²) in [7, 11) is 0. The van der Waals surface area contributed by atoms with Crippen molar-refractivity contribution in [1.29, 1.82) is 0 Å². The van der Waals surface area contributed by atoms with Gasteiger partial charge in [0.2, 0.25) is 0 Å². The van der Waals surface area contributed by atoms with Gasteiger partial charge in [0, 0.05) is 0 Å². The Morgan fingerprint density at radius 3 is 2.65 bits per heavy atom. The highest BCUT2D eigenvalue weighted by atomic mass is 16.5. The molecular formula is C21H22O2. The minimum absolute atomic E-state index is 0.178. The van der Waals surface area contributed by atoms with Crippen LogP contribution in [0.15, 0.2) is 67.3 Å². The van der Waals surface area contributed by atoms with E-state index in [1.807, 2.05) is 42.5 Å². The Labute approximate surface area is 137 Å². The van der Waals surface area contributed by atoms with Crippen LogP contribution >= 0.6 is 0 Å². The van der Waals surface area contributed by atoms with Crippen LogP contribution in [0.1, 0.15) is 42.4 Å². The van der Waals surface area contributed by atoms with Crippen LogP contribution in [-0.4, -0.2) is 12.6 Å². The van der Waals surface area contributed by atoms with Gasteiger partial charge in [-0.2, -0.15) is 0 Å². The van der Waals surface area contributed by atoms with E-state index in [4.69, 9.17) is 4.74 Å². The van der Waals surface area contributed by atoms with E-state index in [0.717, 1.165) is 24.0 Å². The standard InChI is InChI=1S/C21H22O2/c1-3-15-23-20(22)21(17-9-5-4-6-10-17)14-13-16(2)18-11-7-8-12-19(18)21/h3-12,16H,1,13-15H2,2H3/t16-,21+/m0/s1. The average molecular weight is 306 g/mol. The Bertz CT molecular complexity index is 705.